The summed E-state index contributed by atoms with van der Waals surface area (Å²) < 4.78 is 19.4. The van der Waals surface area contributed by atoms with E-state index in [1.54, 1.807) is 6.92 Å². The summed E-state index contributed by atoms with van der Waals surface area (Å²) in [5.74, 6) is 0. The van der Waals surface area contributed by atoms with E-state index < -0.39 is 10.3 Å². The third kappa shape index (κ3) is 5.21. The summed E-state index contributed by atoms with van der Waals surface area (Å²) in [5, 5.41) is 2.04. The van der Waals surface area contributed by atoms with Gasteiger partial charge in [0.05, 0.1) is 0 Å². The van der Waals surface area contributed by atoms with Crippen molar-refractivity contribution >= 4 is 15.3 Å². The molecule has 0 aliphatic heterocycles. The van der Waals surface area contributed by atoms with Crippen LogP contribution in [0, 0.1) is 0 Å². The molecule has 0 spiro atoms. The Morgan fingerprint density at radius 3 is 2.38 bits per heavy atom. The van der Waals surface area contributed by atoms with Gasteiger partial charge in [0.15, 0.2) is 0 Å². The third-order valence-electron chi connectivity index (χ3n) is 0.402. The van der Waals surface area contributed by atoms with E-state index in [1.807, 2.05) is 5.02 Å². The minimum absolute atomic E-state index is 0.675. The summed E-state index contributed by atoms with van der Waals surface area (Å²) >= 11 is 0. The van der Waals surface area contributed by atoms with Gasteiger partial charge in [-0.15, -0.1) is 0 Å². The van der Waals surface area contributed by atoms with Gasteiger partial charge in [-0.25, -0.2) is 0 Å². The van der Waals surface area contributed by atoms with E-state index in [4.69, 9.17) is 0 Å². The highest BCUT2D eigenvalue weighted by Gasteiger charge is 1.66. The van der Waals surface area contributed by atoms with Crippen LogP contribution in [0.3, 0.4) is 0 Å². The second-order valence-corrected chi connectivity index (χ2v) is 2.05. The Hall–Kier alpha value is -0.790. The second kappa shape index (κ2) is 3.24. The highest BCUT2D eigenvalue weighted by molar-refractivity contribution is 7.70. The zero-order chi connectivity index (χ0) is 6.57. The molecule has 0 aromatic rings. The Labute approximate surface area is 49.7 Å². The Morgan fingerprint density at radius 1 is 1.75 bits per heavy atom. The first kappa shape index (κ1) is 7.21. The van der Waals surface area contributed by atoms with Crippen LogP contribution in [0.25, 0.3) is 0 Å². The number of rotatable bonds is 1. The van der Waals surface area contributed by atoms with E-state index in [0.29, 0.717) is 5.57 Å². The fourth-order valence-electron chi connectivity index (χ4n) is 0.149. The van der Waals surface area contributed by atoms with Crippen molar-refractivity contribution in [1.29, 1.82) is 0 Å². The smallest absolute Gasteiger partial charge is 0.176 e. The van der Waals surface area contributed by atoms with Crippen LogP contribution in [0.15, 0.2) is 18.2 Å². The predicted octanol–water partition coefficient (Wildman–Crippen LogP) is 0.399. The Kier molecular flexibility index (Phi) is 2.92. The number of allylic oxidation sites excluding steroid dienone is 2. The molecule has 0 aromatic heterocycles. The molecule has 0 heterocycles. The monoisotopic (exact) mass is 130 g/mol. The molecule has 0 aliphatic rings. The average Bonchev–Trinajstić information content (AvgIpc) is 1.61. The van der Waals surface area contributed by atoms with E-state index in [0.717, 1.165) is 0 Å². The number of hydrogen-bond acceptors (Lipinski definition) is 2. The van der Waals surface area contributed by atoms with E-state index in [2.05, 4.69) is 6.58 Å². The molecule has 0 saturated heterocycles. The second-order valence-electron chi connectivity index (χ2n) is 1.34. The maximum Gasteiger partial charge on any atom is 0.260 e. The fraction of sp³-hybridized carbons (Fsp3) is 0.200. The molecule has 0 bridgehead atoms. The molecule has 44 valence electrons. The van der Waals surface area contributed by atoms with E-state index in [1.165, 1.54) is 6.08 Å². The van der Waals surface area contributed by atoms with Crippen molar-refractivity contribution in [2.45, 2.75) is 6.92 Å². The van der Waals surface area contributed by atoms with Gasteiger partial charge in [-0.05, 0) is 18.6 Å². The molecule has 0 aromatic carbocycles. The van der Waals surface area contributed by atoms with Crippen LogP contribution >= 0.6 is 0 Å². The van der Waals surface area contributed by atoms with Crippen molar-refractivity contribution < 1.29 is 8.42 Å². The van der Waals surface area contributed by atoms with Gasteiger partial charge in [-0.1, -0.05) is 6.58 Å². The molecule has 3 heteroatoms. The first-order chi connectivity index (χ1) is 3.63. The standard InChI is InChI=1S/C5H6O2S/c1-5(2)3-4-8(6)7/h3H,1H2,2H3. The zero-order valence-corrected chi connectivity index (χ0v) is 5.33. The predicted molar refractivity (Wildman–Crippen MR) is 33.3 cm³/mol. The van der Waals surface area contributed by atoms with E-state index in [-0.39, 0.29) is 0 Å². The van der Waals surface area contributed by atoms with Crippen LogP contribution in [0.1, 0.15) is 6.92 Å². The molecule has 0 saturated carbocycles. The highest BCUT2D eigenvalue weighted by Crippen LogP contribution is 1.80. The van der Waals surface area contributed by atoms with Gasteiger partial charge < -0.3 is 0 Å². The van der Waals surface area contributed by atoms with Crippen molar-refractivity contribution in [3.63, 3.8) is 0 Å². The maximum atomic E-state index is 9.72. The fourth-order valence-corrected chi connectivity index (χ4v) is 0.446. The van der Waals surface area contributed by atoms with Gasteiger partial charge in [-0.3, -0.25) is 0 Å². The largest absolute Gasteiger partial charge is 0.260 e. The molecule has 0 radical (unpaired) electrons. The lowest BCUT2D eigenvalue weighted by molar-refractivity contribution is 0.627. The van der Waals surface area contributed by atoms with Crippen molar-refractivity contribution in [2.75, 3.05) is 0 Å². The Morgan fingerprint density at radius 2 is 2.25 bits per heavy atom. The van der Waals surface area contributed by atoms with Gasteiger partial charge in [0, 0.05) is 5.02 Å². The topological polar surface area (TPSA) is 34.1 Å². The van der Waals surface area contributed by atoms with Crippen LogP contribution in [0.2, 0.25) is 0 Å². The maximum absolute atomic E-state index is 9.72. The first-order valence-corrected chi connectivity index (χ1v) is 3.04. The molecule has 0 amide bonds. The van der Waals surface area contributed by atoms with Gasteiger partial charge in [0.2, 0.25) is 0 Å². The third-order valence-corrected chi connectivity index (χ3v) is 0.712. The summed E-state index contributed by atoms with van der Waals surface area (Å²) in [4.78, 5) is 0. The van der Waals surface area contributed by atoms with Gasteiger partial charge in [0.25, 0.3) is 10.3 Å². The lowest BCUT2D eigenvalue weighted by Gasteiger charge is -1.71. The van der Waals surface area contributed by atoms with Crippen LogP contribution in [-0.4, -0.2) is 13.4 Å². The lowest BCUT2D eigenvalue weighted by atomic mass is 10.4. The van der Waals surface area contributed by atoms with Crippen LogP contribution in [-0.2, 0) is 10.3 Å². The van der Waals surface area contributed by atoms with Crippen LogP contribution in [0.4, 0.5) is 0 Å². The van der Waals surface area contributed by atoms with Gasteiger partial charge in [0.1, 0.15) is 0 Å². The Balaban J connectivity index is 4.52. The average molecular weight is 130 g/mol. The van der Waals surface area contributed by atoms with Crippen molar-refractivity contribution in [3.8, 4) is 0 Å². The quantitative estimate of drug-likeness (QED) is 0.380. The molecule has 0 aliphatic carbocycles. The molecule has 0 fully saturated rings. The SMILES string of the molecule is C=C(C)C=C=S(=O)=O. The minimum Gasteiger partial charge on any atom is -0.176 e. The Bertz CT molecular complexity index is 232. The van der Waals surface area contributed by atoms with E-state index in [9.17, 15) is 8.42 Å². The molecule has 0 N–H and O–H groups in total. The highest BCUT2D eigenvalue weighted by atomic mass is 32.2. The van der Waals surface area contributed by atoms with Gasteiger partial charge >= 0.3 is 0 Å². The zero-order valence-electron chi connectivity index (χ0n) is 4.51. The minimum atomic E-state index is -2.20. The van der Waals surface area contributed by atoms with Gasteiger partial charge in [-0.2, -0.15) is 8.42 Å². The first-order valence-electron chi connectivity index (χ1n) is 1.97. The van der Waals surface area contributed by atoms with E-state index >= 15 is 0 Å². The van der Waals surface area contributed by atoms with Crippen molar-refractivity contribution in [3.05, 3.63) is 18.2 Å². The van der Waals surface area contributed by atoms with Crippen molar-refractivity contribution in [1.82, 2.24) is 0 Å². The van der Waals surface area contributed by atoms with Crippen LogP contribution < -0.4 is 0 Å². The van der Waals surface area contributed by atoms with Crippen LogP contribution in [0.5, 0.6) is 0 Å². The summed E-state index contributed by atoms with van der Waals surface area (Å²) in [6, 6.07) is 0. The molecule has 8 heavy (non-hydrogen) atoms. The molecule has 0 rings (SSSR count). The molecular formula is C5H6O2S. The lowest BCUT2D eigenvalue weighted by Crippen LogP contribution is -1.61. The summed E-state index contributed by atoms with van der Waals surface area (Å²) in [7, 11) is -2.20. The summed E-state index contributed by atoms with van der Waals surface area (Å²) in [6.45, 7) is 5.13. The summed E-state index contributed by atoms with van der Waals surface area (Å²) in [5.41, 5.74) is 0.675. The summed E-state index contributed by atoms with van der Waals surface area (Å²) in [6.07, 6.45) is 1.31. The normalized spacial score (nSPS) is 7.12. The molecule has 2 nitrogen and oxygen atoms in total. The molecule has 0 unspecified atom stereocenters. The molecule has 0 atom stereocenters. The molecular weight excluding hydrogens is 124 g/mol. The van der Waals surface area contributed by atoms with Crippen molar-refractivity contribution in [2.24, 2.45) is 0 Å². The number of hydrogen-bond donors (Lipinski definition) is 0.